The summed E-state index contributed by atoms with van der Waals surface area (Å²) < 4.78 is 27.4. The fraction of sp³-hybridized carbons (Fsp3) is 0.938. The summed E-state index contributed by atoms with van der Waals surface area (Å²) in [5, 5.41) is 0. The van der Waals surface area contributed by atoms with Crippen molar-refractivity contribution in [3.8, 4) is 0 Å². The second kappa shape index (κ2) is 9.17. The van der Waals surface area contributed by atoms with Gasteiger partial charge in [-0.2, -0.15) is 0 Å². The summed E-state index contributed by atoms with van der Waals surface area (Å²) in [6, 6.07) is 0. The molecule has 130 valence electrons. The van der Waals surface area contributed by atoms with Gasteiger partial charge in [-0.25, -0.2) is 0 Å². The smallest absolute Gasteiger partial charge is 0.344 e. The molecule has 6 heteroatoms. The van der Waals surface area contributed by atoms with E-state index in [1.54, 1.807) is 6.92 Å². The zero-order valence-electron chi connectivity index (χ0n) is 14.4. The zero-order valence-corrected chi connectivity index (χ0v) is 15.3. The first kappa shape index (κ1) is 19.8. The molecule has 0 aromatic carbocycles. The van der Waals surface area contributed by atoms with Crippen LogP contribution >= 0.6 is 7.60 Å². The lowest BCUT2D eigenvalue weighted by Gasteiger charge is -2.44. The molecule has 0 bridgehead atoms. The summed E-state index contributed by atoms with van der Waals surface area (Å²) in [4.78, 5) is 12.2. The van der Waals surface area contributed by atoms with Gasteiger partial charge in [-0.15, -0.1) is 0 Å². The van der Waals surface area contributed by atoms with Crippen molar-refractivity contribution in [2.75, 3.05) is 14.2 Å². The first-order valence-corrected chi connectivity index (χ1v) is 9.98. The predicted octanol–water partition coefficient (Wildman–Crippen LogP) is 4.69. The molecule has 0 N–H and O–H groups in total. The Morgan fingerprint density at radius 3 is 2.00 bits per heavy atom. The van der Waals surface area contributed by atoms with Gasteiger partial charge in [-0.3, -0.25) is 9.36 Å². The van der Waals surface area contributed by atoms with Gasteiger partial charge in [0.15, 0.2) is 0 Å². The summed E-state index contributed by atoms with van der Waals surface area (Å²) in [6.45, 7) is 3.98. The van der Waals surface area contributed by atoms with Crippen molar-refractivity contribution in [3.05, 3.63) is 0 Å². The number of carbonyl (C=O) groups is 1. The van der Waals surface area contributed by atoms with Gasteiger partial charge in [-0.05, 0) is 13.3 Å². The maximum absolute atomic E-state index is 12.2. The summed E-state index contributed by atoms with van der Waals surface area (Å²) in [7, 11) is -0.908. The van der Waals surface area contributed by atoms with Gasteiger partial charge in [0.05, 0.1) is 0 Å². The molecule has 1 rings (SSSR count). The summed E-state index contributed by atoms with van der Waals surface area (Å²) >= 11 is 0. The number of Topliss-reactive ketones (excluding diaryl/α,β-unsaturated/α-hetero) is 1. The van der Waals surface area contributed by atoms with Crippen molar-refractivity contribution >= 4 is 13.4 Å². The van der Waals surface area contributed by atoms with Crippen LogP contribution in [0.3, 0.4) is 0 Å². The molecular formula is C16H31O5P. The van der Waals surface area contributed by atoms with Crippen LogP contribution in [-0.4, -0.2) is 31.4 Å². The standard InChI is InChI=1S/C16H31O5P/c1-5-6-7-8-9-10-11-12-13-16(2)14(17)15(21-16)22(18,19-3)20-4/h15H,5-13H2,1-4H3. The van der Waals surface area contributed by atoms with Gasteiger partial charge >= 0.3 is 7.60 Å². The van der Waals surface area contributed by atoms with Crippen molar-refractivity contribution in [2.24, 2.45) is 0 Å². The number of ketones is 1. The molecule has 2 unspecified atom stereocenters. The van der Waals surface area contributed by atoms with Gasteiger partial charge in [0, 0.05) is 14.2 Å². The third-order valence-corrected chi connectivity index (χ3v) is 6.35. The molecule has 0 saturated carbocycles. The quantitative estimate of drug-likeness (QED) is 0.383. The molecule has 1 aliphatic heterocycles. The van der Waals surface area contributed by atoms with Crippen molar-refractivity contribution in [1.29, 1.82) is 0 Å². The van der Waals surface area contributed by atoms with Gasteiger partial charge in [0.1, 0.15) is 5.60 Å². The normalized spacial score (nSPS) is 25.3. The van der Waals surface area contributed by atoms with E-state index >= 15 is 0 Å². The third-order valence-electron chi connectivity index (χ3n) is 4.42. The second-order valence-corrected chi connectivity index (χ2v) is 8.47. The Hall–Kier alpha value is -0.220. The van der Waals surface area contributed by atoms with Crippen molar-refractivity contribution < 1.29 is 23.1 Å². The zero-order chi connectivity index (χ0) is 16.6. The van der Waals surface area contributed by atoms with Crippen LogP contribution in [0, 0.1) is 0 Å². The molecule has 0 aromatic rings. The number of hydrogen-bond acceptors (Lipinski definition) is 5. The highest BCUT2D eigenvalue weighted by Gasteiger charge is 2.59. The van der Waals surface area contributed by atoms with Crippen LogP contribution in [0.1, 0.15) is 71.6 Å². The minimum atomic E-state index is -3.45. The SMILES string of the molecule is CCCCCCCCCCC1(C)OC(P(=O)(OC)OC)C1=O. The average Bonchev–Trinajstić information content (AvgIpc) is 2.54. The van der Waals surface area contributed by atoms with Gasteiger partial charge in [-0.1, -0.05) is 58.3 Å². The molecule has 0 aliphatic carbocycles. The summed E-state index contributed by atoms with van der Waals surface area (Å²) in [5.41, 5.74) is -0.820. The summed E-state index contributed by atoms with van der Waals surface area (Å²) in [6.07, 6.45) is 10.4. The van der Waals surface area contributed by atoms with Crippen LogP contribution in [0.4, 0.5) is 0 Å². The largest absolute Gasteiger partial charge is 0.366 e. The molecule has 0 amide bonds. The molecule has 2 atom stereocenters. The average molecular weight is 334 g/mol. The highest BCUT2D eigenvalue weighted by atomic mass is 31.2. The molecule has 0 radical (unpaired) electrons. The number of rotatable bonds is 12. The maximum Gasteiger partial charge on any atom is 0.366 e. The Morgan fingerprint density at radius 2 is 1.55 bits per heavy atom. The van der Waals surface area contributed by atoms with Gasteiger partial charge in [0.25, 0.3) is 0 Å². The number of hydrogen-bond donors (Lipinski definition) is 0. The van der Waals surface area contributed by atoms with E-state index in [1.165, 1.54) is 52.7 Å². The Balaban J connectivity index is 2.22. The molecule has 0 spiro atoms. The number of carbonyl (C=O) groups excluding carboxylic acids is 1. The molecule has 5 nitrogen and oxygen atoms in total. The lowest BCUT2D eigenvalue weighted by atomic mass is 9.89. The topological polar surface area (TPSA) is 61.8 Å². The van der Waals surface area contributed by atoms with Gasteiger partial charge < -0.3 is 13.8 Å². The summed E-state index contributed by atoms with van der Waals surface area (Å²) in [5.74, 6) is -1.22. The molecule has 1 aliphatic rings. The van der Waals surface area contributed by atoms with E-state index in [4.69, 9.17) is 13.8 Å². The molecule has 0 aromatic heterocycles. The first-order valence-electron chi connectivity index (χ1n) is 8.37. The fourth-order valence-electron chi connectivity index (χ4n) is 2.81. The van der Waals surface area contributed by atoms with E-state index in [2.05, 4.69) is 6.92 Å². The van der Waals surface area contributed by atoms with Crippen LogP contribution in [0.5, 0.6) is 0 Å². The van der Waals surface area contributed by atoms with Gasteiger partial charge in [0.2, 0.25) is 11.6 Å². The molecule has 22 heavy (non-hydrogen) atoms. The van der Waals surface area contributed by atoms with Crippen molar-refractivity contribution in [3.63, 3.8) is 0 Å². The first-order chi connectivity index (χ1) is 10.4. The van der Waals surface area contributed by atoms with E-state index in [9.17, 15) is 9.36 Å². The van der Waals surface area contributed by atoms with E-state index in [0.29, 0.717) is 6.42 Å². The van der Waals surface area contributed by atoms with Crippen LogP contribution in [-0.2, 0) is 23.1 Å². The van der Waals surface area contributed by atoms with Crippen LogP contribution in [0.25, 0.3) is 0 Å². The van der Waals surface area contributed by atoms with Crippen molar-refractivity contribution in [2.45, 2.75) is 83.1 Å². The second-order valence-electron chi connectivity index (χ2n) is 6.20. The van der Waals surface area contributed by atoms with Crippen LogP contribution in [0.2, 0.25) is 0 Å². The minimum Gasteiger partial charge on any atom is -0.344 e. The Kier molecular flexibility index (Phi) is 8.26. The fourth-order valence-corrected chi connectivity index (χ4v) is 4.27. The number of ether oxygens (including phenoxy) is 1. The Morgan fingerprint density at radius 1 is 1.05 bits per heavy atom. The van der Waals surface area contributed by atoms with E-state index < -0.39 is 19.0 Å². The Labute approximate surface area is 134 Å². The van der Waals surface area contributed by atoms with Crippen LogP contribution in [0.15, 0.2) is 0 Å². The maximum atomic E-state index is 12.2. The van der Waals surface area contributed by atoms with E-state index in [0.717, 1.165) is 12.8 Å². The lowest BCUT2D eigenvalue weighted by molar-refractivity contribution is -0.187. The molecule has 1 fully saturated rings. The predicted molar refractivity (Wildman–Crippen MR) is 87.1 cm³/mol. The van der Waals surface area contributed by atoms with Crippen LogP contribution < -0.4 is 0 Å². The van der Waals surface area contributed by atoms with Crippen molar-refractivity contribution in [1.82, 2.24) is 0 Å². The minimum absolute atomic E-state index is 0.164. The monoisotopic (exact) mass is 334 g/mol. The highest BCUT2D eigenvalue weighted by Crippen LogP contribution is 2.59. The van der Waals surface area contributed by atoms with E-state index in [1.807, 2.05) is 0 Å². The molecule has 1 heterocycles. The Bertz CT molecular complexity index is 390. The third kappa shape index (κ3) is 4.89. The highest BCUT2D eigenvalue weighted by molar-refractivity contribution is 7.55. The lowest BCUT2D eigenvalue weighted by Crippen LogP contribution is -2.59. The molecule has 1 saturated heterocycles. The van der Waals surface area contributed by atoms with E-state index in [-0.39, 0.29) is 5.78 Å². The number of unbranched alkanes of at least 4 members (excludes halogenated alkanes) is 7. The molecular weight excluding hydrogens is 303 g/mol.